The number of rotatable bonds is 3. The molecular formula is C9H11N5O3. The third-order valence-corrected chi connectivity index (χ3v) is 1.80. The van der Waals surface area contributed by atoms with Gasteiger partial charge in [-0.05, 0) is 12.1 Å². The molecule has 1 aromatic rings. The smallest absolute Gasteiger partial charge is 0.394 e. The van der Waals surface area contributed by atoms with Crippen molar-refractivity contribution in [3.63, 3.8) is 0 Å². The Kier molecular flexibility index (Phi) is 4.01. The molecule has 90 valence electrons. The number of amidine groups is 1. The first-order valence-corrected chi connectivity index (χ1v) is 4.48. The zero-order valence-corrected chi connectivity index (χ0v) is 8.68. The van der Waals surface area contributed by atoms with E-state index in [0.717, 1.165) is 0 Å². The molecule has 0 bridgehead atoms. The van der Waals surface area contributed by atoms with Gasteiger partial charge < -0.3 is 16.2 Å². The molecule has 0 spiro atoms. The molecule has 0 aliphatic carbocycles. The number of benzene rings is 1. The minimum Gasteiger partial charge on any atom is -0.474 e. The van der Waals surface area contributed by atoms with Gasteiger partial charge in [0.2, 0.25) is 0 Å². The van der Waals surface area contributed by atoms with Crippen LogP contribution in [-0.2, 0) is 9.59 Å². The molecule has 1 rings (SSSR count). The number of aliphatic carboxylic acids is 1. The monoisotopic (exact) mass is 237 g/mol. The van der Waals surface area contributed by atoms with Crippen LogP contribution in [-0.4, -0.2) is 22.8 Å². The molecule has 0 saturated carbocycles. The highest BCUT2D eigenvalue weighted by Gasteiger charge is 2.11. The molecule has 0 heterocycles. The van der Waals surface area contributed by atoms with Crippen LogP contribution in [0.3, 0.4) is 0 Å². The van der Waals surface area contributed by atoms with Crippen molar-refractivity contribution in [3.05, 3.63) is 29.8 Å². The Morgan fingerprint density at radius 1 is 1.35 bits per heavy atom. The van der Waals surface area contributed by atoms with E-state index in [9.17, 15) is 9.59 Å². The number of hydrazone groups is 1. The Labute approximate surface area is 96.3 Å². The van der Waals surface area contributed by atoms with E-state index < -0.39 is 11.9 Å². The predicted molar refractivity (Wildman–Crippen MR) is 60.8 cm³/mol. The Bertz CT molecular complexity index is 471. The second-order valence-corrected chi connectivity index (χ2v) is 2.97. The normalized spacial score (nSPS) is 10.8. The number of nitrogens with one attached hydrogen (secondary N) is 2. The Balaban J connectivity index is 2.90. The number of hydrogen-bond acceptors (Lipinski definition) is 5. The van der Waals surface area contributed by atoms with Gasteiger partial charge in [-0.1, -0.05) is 12.1 Å². The molecule has 0 aromatic heterocycles. The van der Waals surface area contributed by atoms with E-state index in [1.54, 1.807) is 12.1 Å². The summed E-state index contributed by atoms with van der Waals surface area (Å²) >= 11 is 0. The number of amides is 1. The van der Waals surface area contributed by atoms with E-state index in [2.05, 4.69) is 10.4 Å². The van der Waals surface area contributed by atoms with Crippen molar-refractivity contribution in [3.8, 4) is 0 Å². The van der Waals surface area contributed by atoms with Gasteiger partial charge in [-0.2, -0.15) is 0 Å². The zero-order valence-electron chi connectivity index (χ0n) is 8.68. The number of hydrogen-bond donors (Lipinski definition) is 5. The van der Waals surface area contributed by atoms with Crippen LogP contribution in [0.1, 0.15) is 5.56 Å². The maximum absolute atomic E-state index is 10.9. The maximum atomic E-state index is 10.9. The van der Waals surface area contributed by atoms with E-state index in [1.165, 1.54) is 12.1 Å². The van der Waals surface area contributed by atoms with Crippen LogP contribution in [0, 0.1) is 0 Å². The summed E-state index contributed by atoms with van der Waals surface area (Å²) in [7, 11) is 0. The molecule has 1 amide bonds. The molecule has 0 atom stereocenters. The lowest BCUT2D eigenvalue weighted by Crippen LogP contribution is -2.24. The van der Waals surface area contributed by atoms with Crippen LogP contribution >= 0.6 is 0 Å². The van der Waals surface area contributed by atoms with Gasteiger partial charge >= 0.3 is 11.9 Å². The maximum Gasteiger partial charge on any atom is 0.394 e. The highest BCUT2D eigenvalue weighted by Crippen LogP contribution is 2.10. The summed E-state index contributed by atoms with van der Waals surface area (Å²) in [4.78, 5) is 21.3. The number of carbonyl (C=O) groups is 2. The second-order valence-electron chi connectivity index (χ2n) is 2.97. The van der Waals surface area contributed by atoms with Crippen molar-refractivity contribution in [2.24, 2.45) is 16.7 Å². The third-order valence-electron chi connectivity index (χ3n) is 1.80. The van der Waals surface area contributed by atoms with Crippen molar-refractivity contribution in [1.82, 2.24) is 5.53 Å². The molecule has 0 saturated heterocycles. The molecule has 7 N–H and O–H groups in total. The van der Waals surface area contributed by atoms with Crippen LogP contribution in [0.5, 0.6) is 0 Å². The fourth-order valence-corrected chi connectivity index (χ4v) is 1.07. The Morgan fingerprint density at radius 3 is 2.65 bits per heavy atom. The number of carboxylic acids is 1. The van der Waals surface area contributed by atoms with Crippen LogP contribution in [0.2, 0.25) is 0 Å². The highest BCUT2D eigenvalue weighted by molar-refractivity contribution is 6.36. The largest absolute Gasteiger partial charge is 0.474 e. The van der Waals surface area contributed by atoms with Gasteiger partial charge in [0.25, 0.3) is 0 Å². The molecule has 0 fully saturated rings. The summed E-state index contributed by atoms with van der Waals surface area (Å²) in [6, 6.07) is 6.21. The molecule has 8 nitrogen and oxygen atoms in total. The summed E-state index contributed by atoms with van der Waals surface area (Å²) < 4.78 is 0. The third kappa shape index (κ3) is 3.47. The predicted octanol–water partition coefficient (Wildman–Crippen LogP) is -1.21. The minimum atomic E-state index is -1.57. The number of carbonyl (C=O) groups excluding carboxylic acids is 1. The van der Waals surface area contributed by atoms with Gasteiger partial charge in [0.05, 0.1) is 0 Å². The van der Waals surface area contributed by atoms with Crippen molar-refractivity contribution in [2.45, 2.75) is 0 Å². The summed E-state index contributed by atoms with van der Waals surface area (Å²) in [6.45, 7) is 0. The number of hydrazine groups is 1. The van der Waals surface area contributed by atoms with Gasteiger partial charge in [-0.25, -0.2) is 16.2 Å². The Hall–Kier alpha value is -2.61. The average molecular weight is 237 g/mol. The summed E-state index contributed by atoms with van der Waals surface area (Å²) in [5.74, 6) is 2.37. The highest BCUT2D eigenvalue weighted by atomic mass is 16.4. The van der Waals surface area contributed by atoms with Crippen LogP contribution in [0.15, 0.2) is 29.4 Å². The molecule has 0 unspecified atom stereocenters. The standard InChI is InChI=1S/C9H11N5O3/c10-7(13-14-11)5-2-1-3-6(4-5)12-8(15)9(16)17/h1-4,14H,11H2,(H2,10,13)(H,12,15)(H,16,17). The van der Waals surface area contributed by atoms with Crippen LogP contribution in [0.25, 0.3) is 0 Å². The number of anilines is 1. The molecule has 8 heteroatoms. The molecule has 0 radical (unpaired) electrons. The number of nitrogens with zero attached hydrogens (tertiary/aromatic N) is 1. The first-order chi connectivity index (χ1) is 8.04. The first-order valence-electron chi connectivity index (χ1n) is 4.48. The summed E-state index contributed by atoms with van der Waals surface area (Å²) in [6.07, 6.45) is 0. The van der Waals surface area contributed by atoms with E-state index in [4.69, 9.17) is 16.7 Å². The van der Waals surface area contributed by atoms with Crippen LogP contribution in [0.4, 0.5) is 5.69 Å². The van der Waals surface area contributed by atoms with Gasteiger partial charge in [0, 0.05) is 11.3 Å². The van der Waals surface area contributed by atoms with Gasteiger partial charge in [-0.15, -0.1) is 5.10 Å². The lowest BCUT2D eigenvalue weighted by atomic mass is 10.2. The summed E-state index contributed by atoms with van der Waals surface area (Å²) in [5.41, 5.74) is 8.36. The quantitative estimate of drug-likeness (QED) is 0.147. The SMILES string of the molecule is NN/N=C(\N)c1cccc(NC(=O)C(=O)O)c1. The lowest BCUT2D eigenvalue weighted by Gasteiger charge is -2.05. The second kappa shape index (κ2) is 5.47. The van der Waals surface area contributed by atoms with Crippen molar-refractivity contribution < 1.29 is 14.7 Å². The van der Waals surface area contributed by atoms with E-state index in [1.807, 2.05) is 5.53 Å². The topological polar surface area (TPSA) is 143 Å². The lowest BCUT2D eigenvalue weighted by molar-refractivity contribution is -0.147. The van der Waals surface area contributed by atoms with Gasteiger partial charge in [-0.3, -0.25) is 4.79 Å². The molecular weight excluding hydrogens is 226 g/mol. The van der Waals surface area contributed by atoms with E-state index >= 15 is 0 Å². The first kappa shape index (κ1) is 12.5. The van der Waals surface area contributed by atoms with Gasteiger partial charge in [0.1, 0.15) is 0 Å². The Morgan fingerprint density at radius 2 is 2.06 bits per heavy atom. The molecule has 1 aromatic carbocycles. The zero-order chi connectivity index (χ0) is 12.8. The van der Waals surface area contributed by atoms with Crippen LogP contribution < -0.4 is 22.4 Å². The van der Waals surface area contributed by atoms with Crippen molar-refractivity contribution in [2.75, 3.05) is 5.32 Å². The number of nitrogens with two attached hydrogens (primary N) is 2. The minimum absolute atomic E-state index is 0.110. The number of carboxylic acid groups (broad SMARTS) is 1. The van der Waals surface area contributed by atoms with E-state index in [0.29, 0.717) is 11.3 Å². The fraction of sp³-hybridized carbons (Fsp3) is 0. The molecule has 0 aliphatic heterocycles. The van der Waals surface area contributed by atoms with Crippen molar-refractivity contribution in [1.29, 1.82) is 0 Å². The van der Waals surface area contributed by atoms with E-state index in [-0.39, 0.29) is 5.84 Å². The van der Waals surface area contributed by atoms with Crippen molar-refractivity contribution >= 4 is 23.4 Å². The molecule has 0 aliphatic rings. The summed E-state index contributed by atoms with van der Waals surface area (Å²) in [5, 5.41) is 14.1. The van der Waals surface area contributed by atoms with Gasteiger partial charge in [0.15, 0.2) is 5.84 Å². The molecule has 17 heavy (non-hydrogen) atoms. The average Bonchev–Trinajstić information content (AvgIpc) is 2.29. The fourth-order valence-electron chi connectivity index (χ4n) is 1.07.